The fourth-order valence-electron chi connectivity index (χ4n) is 2.37. The predicted octanol–water partition coefficient (Wildman–Crippen LogP) is 3.23. The van der Waals surface area contributed by atoms with Crippen molar-refractivity contribution in [3.63, 3.8) is 0 Å². The monoisotopic (exact) mass is 372 g/mol. The van der Waals surface area contributed by atoms with E-state index in [1.54, 1.807) is 25.1 Å². The number of hydrogen-bond acceptors (Lipinski definition) is 2. The number of amides is 2. The van der Waals surface area contributed by atoms with Crippen LogP contribution < -0.4 is 5.32 Å². The van der Waals surface area contributed by atoms with Crippen molar-refractivity contribution in [1.29, 1.82) is 0 Å². The summed E-state index contributed by atoms with van der Waals surface area (Å²) in [6, 6.07) is 4.44. The molecule has 2 rings (SSSR count). The molecule has 1 fully saturated rings. The van der Waals surface area contributed by atoms with Crippen molar-refractivity contribution in [2.45, 2.75) is 32.2 Å². The van der Waals surface area contributed by atoms with E-state index in [1.165, 1.54) is 6.42 Å². The van der Waals surface area contributed by atoms with Crippen molar-refractivity contribution < 1.29 is 9.59 Å². The molecule has 114 valence electrons. The summed E-state index contributed by atoms with van der Waals surface area (Å²) in [5.41, 5.74) is 0.446. The van der Waals surface area contributed by atoms with Crippen LogP contribution in [0.25, 0.3) is 0 Å². The Labute approximate surface area is 138 Å². The summed E-state index contributed by atoms with van der Waals surface area (Å²) in [7, 11) is 0. The maximum Gasteiger partial charge on any atom is 0.251 e. The molecule has 1 saturated heterocycles. The van der Waals surface area contributed by atoms with Crippen LogP contribution in [0.2, 0.25) is 5.02 Å². The number of halogens is 2. The minimum Gasteiger partial charge on any atom is -0.341 e. The van der Waals surface area contributed by atoms with Crippen molar-refractivity contribution in [2.24, 2.45) is 0 Å². The smallest absolute Gasteiger partial charge is 0.251 e. The van der Waals surface area contributed by atoms with Crippen molar-refractivity contribution in [1.82, 2.24) is 10.2 Å². The molecule has 6 heteroatoms. The first-order valence-electron chi connectivity index (χ1n) is 7.04. The van der Waals surface area contributed by atoms with Crippen LogP contribution in [0, 0.1) is 0 Å². The highest BCUT2D eigenvalue weighted by atomic mass is 79.9. The lowest BCUT2D eigenvalue weighted by Crippen LogP contribution is -2.48. The fourth-order valence-corrected chi connectivity index (χ4v) is 2.79. The number of carbonyl (C=O) groups excluding carboxylic acids is 2. The van der Waals surface area contributed by atoms with Gasteiger partial charge in [-0.05, 0) is 60.3 Å². The number of likely N-dealkylation sites (tertiary alicyclic amines) is 1. The first kappa shape index (κ1) is 16.3. The van der Waals surface area contributed by atoms with Crippen molar-refractivity contribution in [3.8, 4) is 0 Å². The first-order valence-corrected chi connectivity index (χ1v) is 8.21. The van der Waals surface area contributed by atoms with E-state index in [4.69, 9.17) is 11.6 Å². The Morgan fingerprint density at radius 1 is 1.29 bits per heavy atom. The second-order valence-electron chi connectivity index (χ2n) is 5.21. The molecule has 1 aliphatic rings. The van der Waals surface area contributed by atoms with Gasteiger partial charge in [0.1, 0.15) is 6.04 Å². The Morgan fingerprint density at radius 2 is 1.95 bits per heavy atom. The minimum absolute atomic E-state index is 0.0220. The molecule has 0 aliphatic carbocycles. The molecule has 1 unspecified atom stereocenters. The molecular weight excluding hydrogens is 356 g/mol. The van der Waals surface area contributed by atoms with E-state index < -0.39 is 6.04 Å². The third-order valence-electron chi connectivity index (χ3n) is 3.57. The average Bonchev–Trinajstić information content (AvgIpc) is 2.50. The van der Waals surface area contributed by atoms with Crippen LogP contribution in [0.5, 0.6) is 0 Å². The van der Waals surface area contributed by atoms with E-state index in [0.717, 1.165) is 30.4 Å². The van der Waals surface area contributed by atoms with Gasteiger partial charge in [0.05, 0.1) is 5.02 Å². The Morgan fingerprint density at radius 3 is 2.57 bits per heavy atom. The van der Waals surface area contributed by atoms with Gasteiger partial charge in [-0.2, -0.15) is 0 Å². The van der Waals surface area contributed by atoms with Gasteiger partial charge in [0, 0.05) is 23.1 Å². The molecule has 0 bridgehead atoms. The molecule has 0 spiro atoms. The van der Waals surface area contributed by atoms with Gasteiger partial charge in [0.15, 0.2) is 0 Å². The maximum atomic E-state index is 12.3. The lowest BCUT2D eigenvalue weighted by molar-refractivity contribution is -0.133. The average molecular weight is 374 g/mol. The van der Waals surface area contributed by atoms with Gasteiger partial charge in [-0.25, -0.2) is 0 Å². The Kier molecular flexibility index (Phi) is 5.65. The summed E-state index contributed by atoms with van der Waals surface area (Å²) >= 11 is 9.26. The third-order valence-corrected chi connectivity index (χ3v) is 4.80. The summed E-state index contributed by atoms with van der Waals surface area (Å²) in [5.74, 6) is -0.312. The van der Waals surface area contributed by atoms with Crippen LogP contribution in [0.1, 0.15) is 36.5 Å². The zero-order chi connectivity index (χ0) is 15.4. The maximum absolute atomic E-state index is 12.3. The molecule has 4 nitrogen and oxygen atoms in total. The Bertz CT molecular complexity index is 544. The molecular formula is C15H18BrClN2O2. The van der Waals surface area contributed by atoms with Crippen molar-refractivity contribution >= 4 is 39.3 Å². The van der Waals surface area contributed by atoms with Crippen LogP contribution in [0.4, 0.5) is 0 Å². The van der Waals surface area contributed by atoms with E-state index in [9.17, 15) is 9.59 Å². The molecule has 1 atom stereocenters. The Hall–Kier alpha value is -1.07. The third kappa shape index (κ3) is 4.20. The standard InChI is InChI=1S/C15H18BrClN2O2/c1-10(15(21)19-7-3-2-4-8-19)18-14(20)11-5-6-12(16)13(17)9-11/h5-6,9-10H,2-4,7-8H2,1H3,(H,18,20). The zero-order valence-electron chi connectivity index (χ0n) is 11.9. The number of nitrogens with one attached hydrogen (secondary N) is 1. The molecule has 2 amide bonds. The van der Waals surface area contributed by atoms with Crippen LogP contribution in [0.15, 0.2) is 22.7 Å². The van der Waals surface area contributed by atoms with Gasteiger partial charge in [0.2, 0.25) is 5.91 Å². The summed E-state index contributed by atoms with van der Waals surface area (Å²) in [6.45, 7) is 3.28. The highest BCUT2D eigenvalue weighted by Gasteiger charge is 2.23. The fraction of sp³-hybridized carbons (Fsp3) is 0.467. The molecule has 0 aromatic heterocycles. The molecule has 1 aliphatic heterocycles. The SMILES string of the molecule is CC(NC(=O)c1ccc(Br)c(Cl)c1)C(=O)N1CCCCC1. The quantitative estimate of drug-likeness (QED) is 0.884. The highest BCUT2D eigenvalue weighted by Crippen LogP contribution is 2.23. The topological polar surface area (TPSA) is 49.4 Å². The van der Waals surface area contributed by atoms with Gasteiger partial charge in [-0.1, -0.05) is 11.6 Å². The van der Waals surface area contributed by atoms with E-state index in [1.807, 2.05) is 4.90 Å². The van der Waals surface area contributed by atoms with Gasteiger partial charge in [0.25, 0.3) is 5.91 Å². The summed E-state index contributed by atoms with van der Waals surface area (Å²) in [5, 5.41) is 3.21. The van der Waals surface area contributed by atoms with E-state index in [2.05, 4.69) is 21.2 Å². The number of nitrogens with zero attached hydrogens (tertiary/aromatic N) is 1. The minimum atomic E-state index is -0.530. The molecule has 0 radical (unpaired) electrons. The number of carbonyl (C=O) groups is 2. The second kappa shape index (κ2) is 7.27. The summed E-state index contributed by atoms with van der Waals surface area (Å²) in [4.78, 5) is 26.2. The number of hydrogen-bond donors (Lipinski definition) is 1. The molecule has 21 heavy (non-hydrogen) atoms. The zero-order valence-corrected chi connectivity index (χ0v) is 14.2. The van der Waals surface area contributed by atoms with Gasteiger partial charge in [-0.15, -0.1) is 0 Å². The molecule has 0 saturated carbocycles. The van der Waals surface area contributed by atoms with Crippen molar-refractivity contribution in [2.75, 3.05) is 13.1 Å². The lowest BCUT2D eigenvalue weighted by Gasteiger charge is -2.29. The van der Waals surface area contributed by atoms with Crippen LogP contribution in [0.3, 0.4) is 0 Å². The number of benzene rings is 1. The van der Waals surface area contributed by atoms with Crippen LogP contribution in [-0.2, 0) is 4.79 Å². The summed E-state index contributed by atoms with van der Waals surface area (Å²) in [6.07, 6.45) is 3.24. The van der Waals surface area contributed by atoms with Crippen LogP contribution in [-0.4, -0.2) is 35.8 Å². The van der Waals surface area contributed by atoms with Gasteiger partial charge < -0.3 is 10.2 Å². The number of rotatable bonds is 3. The van der Waals surface area contributed by atoms with Gasteiger partial charge >= 0.3 is 0 Å². The predicted molar refractivity (Wildman–Crippen MR) is 86.5 cm³/mol. The van der Waals surface area contributed by atoms with Crippen LogP contribution >= 0.6 is 27.5 Å². The molecule has 1 N–H and O–H groups in total. The van der Waals surface area contributed by atoms with E-state index in [0.29, 0.717) is 10.6 Å². The second-order valence-corrected chi connectivity index (χ2v) is 6.47. The Balaban J connectivity index is 1.97. The molecule has 1 aromatic carbocycles. The largest absolute Gasteiger partial charge is 0.341 e. The lowest BCUT2D eigenvalue weighted by atomic mass is 10.1. The first-order chi connectivity index (χ1) is 9.99. The summed E-state index contributed by atoms with van der Waals surface area (Å²) < 4.78 is 0.734. The molecule has 1 heterocycles. The van der Waals surface area contributed by atoms with Crippen molar-refractivity contribution in [3.05, 3.63) is 33.3 Å². The van der Waals surface area contributed by atoms with E-state index >= 15 is 0 Å². The molecule has 1 aromatic rings. The highest BCUT2D eigenvalue weighted by molar-refractivity contribution is 9.10. The normalized spacial score (nSPS) is 16.4. The van der Waals surface area contributed by atoms with E-state index in [-0.39, 0.29) is 11.8 Å². The number of piperidine rings is 1. The van der Waals surface area contributed by atoms with Gasteiger partial charge in [-0.3, -0.25) is 9.59 Å².